The van der Waals surface area contributed by atoms with Crippen LogP contribution in [0.3, 0.4) is 0 Å². The zero-order valence-corrected chi connectivity index (χ0v) is 11.8. The highest BCUT2D eigenvalue weighted by Gasteiger charge is 2.12. The van der Waals surface area contributed by atoms with Gasteiger partial charge in [0.2, 0.25) is 0 Å². The first-order chi connectivity index (χ1) is 9.62. The lowest BCUT2D eigenvalue weighted by atomic mass is 10.3. The highest BCUT2D eigenvalue weighted by molar-refractivity contribution is 5.48. The Morgan fingerprint density at radius 1 is 1.40 bits per heavy atom. The molecule has 110 valence electrons. The van der Waals surface area contributed by atoms with Crippen molar-refractivity contribution in [2.45, 2.75) is 26.7 Å². The summed E-state index contributed by atoms with van der Waals surface area (Å²) in [5.74, 6) is 5.54. The van der Waals surface area contributed by atoms with Crippen LogP contribution in [0.4, 0.5) is 5.82 Å². The molecule has 0 unspecified atom stereocenters. The number of rotatable bonds is 6. The van der Waals surface area contributed by atoms with Crippen molar-refractivity contribution >= 4 is 5.82 Å². The van der Waals surface area contributed by atoms with Crippen LogP contribution in [0, 0.1) is 11.8 Å². The molecule has 0 aliphatic heterocycles. The van der Waals surface area contributed by atoms with Crippen molar-refractivity contribution in [3.8, 4) is 11.8 Å². The number of nitrogen functional groups attached to an aromatic ring is 1. The van der Waals surface area contributed by atoms with Gasteiger partial charge in [-0.1, -0.05) is 11.8 Å². The van der Waals surface area contributed by atoms with Gasteiger partial charge in [0.15, 0.2) is 6.29 Å². The Morgan fingerprint density at radius 2 is 2.05 bits per heavy atom. The van der Waals surface area contributed by atoms with Gasteiger partial charge >= 0.3 is 5.69 Å². The van der Waals surface area contributed by atoms with E-state index in [9.17, 15) is 4.79 Å². The van der Waals surface area contributed by atoms with Crippen LogP contribution in [0.15, 0.2) is 11.0 Å². The highest BCUT2D eigenvalue weighted by Crippen LogP contribution is 2.05. The van der Waals surface area contributed by atoms with Crippen LogP contribution in [0.2, 0.25) is 0 Å². The molecule has 1 heterocycles. The maximum absolute atomic E-state index is 11.8. The van der Waals surface area contributed by atoms with Crippen LogP contribution < -0.4 is 17.2 Å². The number of nitrogens with zero attached hydrogens (tertiary/aromatic N) is 2. The number of anilines is 1. The van der Waals surface area contributed by atoms with Crippen LogP contribution in [0.5, 0.6) is 0 Å². The van der Waals surface area contributed by atoms with E-state index in [-0.39, 0.29) is 18.9 Å². The second-order valence-electron chi connectivity index (χ2n) is 3.82. The highest BCUT2D eigenvalue weighted by atomic mass is 16.7. The van der Waals surface area contributed by atoms with Gasteiger partial charge in [-0.15, -0.1) is 0 Å². The fourth-order valence-corrected chi connectivity index (χ4v) is 1.56. The summed E-state index contributed by atoms with van der Waals surface area (Å²) in [5.41, 5.74) is 11.0. The molecular formula is C13H20N4O3. The monoisotopic (exact) mass is 280 g/mol. The number of hydrogen-bond donors (Lipinski definition) is 2. The van der Waals surface area contributed by atoms with E-state index in [1.807, 2.05) is 13.8 Å². The zero-order chi connectivity index (χ0) is 15.0. The lowest BCUT2D eigenvalue weighted by molar-refractivity contribution is -0.144. The van der Waals surface area contributed by atoms with Crippen molar-refractivity contribution < 1.29 is 9.47 Å². The van der Waals surface area contributed by atoms with E-state index in [2.05, 4.69) is 16.8 Å². The lowest BCUT2D eigenvalue weighted by Crippen LogP contribution is -2.32. The molecule has 20 heavy (non-hydrogen) atoms. The number of hydrogen-bond acceptors (Lipinski definition) is 6. The summed E-state index contributed by atoms with van der Waals surface area (Å²) in [6, 6.07) is 0. The smallest absolute Gasteiger partial charge is 0.349 e. The summed E-state index contributed by atoms with van der Waals surface area (Å²) < 4.78 is 12.2. The van der Waals surface area contributed by atoms with E-state index >= 15 is 0 Å². The Hall–Kier alpha value is -1.88. The molecule has 0 bridgehead atoms. The largest absolute Gasteiger partial charge is 0.382 e. The fourth-order valence-electron chi connectivity index (χ4n) is 1.56. The Kier molecular flexibility index (Phi) is 6.73. The summed E-state index contributed by atoms with van der Waals surface area (Å²) in [5, 5.41) is 0. The lowest BCUT2D eigenvalue weighted by Gasteiger charge is -2.18. The summed E-state index contributed by atoms with van der Waals surface area (Å²) in [4.78, 5) is 15.5. The van der Waals surface area contributed by atoms with Crippen molar-refractivity contribution in [2.75, 3.05) is 25.5 Å². The number of aromatic nitrogens is 2. The Labute approximate surface area is 117 Å². The topological polar surface area (TPSA) is 105 Å². The van der Waals surface area contributed by atoms with Gasteiger partial charge < -0.3 is 20.9 Å². The molecule has 4 N–H and O–H groups in total. The van der Waals surface area contributed by atoms with Gasteiger partial charge in [-0.25, -0.2) is 4.79 Å². The second-order valence-corrected chi connectivity index (χ2v) is 3.82. The molecule has 0 aliphatic rings. The summed E-state index contributed by atoms with van der Waals surface area (Å²) in [7, 11) is 0. The minimum atomic E-state index is -0.511. The molecule has 0 saturated carbocycles. The molecule has 7 heteroatoms. The normalized spacial score (nSPS) is 10.4. The standard InChI is InChI=1S/C13H20N4O3/c1-3-19-11(20-4-2)9-17-8-10(6-5-7-14)12(15)16-13(17)18/h8,11H,3-4,7,9,14H2,1-2H3,(H2,15,16,18). The molecular weight excluding hydrogens is 260 g/mol. The van der Waals surface area contributed by atoms with E-state index < -0.39 is 12.0 Å². The van der Waals surface area contributed by atoms with E-state index in [4.69, 9.17) is 20.9 Å². The second kappa shape index (κ2) is 8.32. The zero-order valence-electron chi connectivity index (χ0n) is 11.8. The Morgan fingerprint density at radius 3 is 2.60 bits per heavy atom. The van der Waals surface area contributed by atoms with E-state index in [1.165, 1.54) is 4.57 Å². The molecule has 1 rings (SSSR count). The molecule has 0 fully saturated rings. The first-order valence-corrected chi connectivity index (χ1v) is 6.41. The van der Waals surface area contributed by atoms with Crippen molar-refractivity contribution in [3.05, 3.63) is 22.2 Å². The number of nitrogens with two attached hydrogens (primary N) is 2. The van der Waals surface area contributed by atoms with E-state index in [0.29, 0.717) is 18.8 Å². The van der Waals surface area contributed by atoms with Crippen LogP contribution >= 0.6 is 0 Å². The van der Waals surface area contributed by atoms with Gasteiger partial charge in [0, 0.05) is 19.4 Å². The van der Waals surface area contributed by atoms with Gasteiger partial charge in [0.25, 0.3) is 0 Å². The Bertz CT molecular complexity index is 539. The van der Waals surface area contributed by atoms with Gasteiger partial charge in [-0.3, -0.25) is 4.57 Å². The third-order valence-electron chi connectivity index (χ3n) is 2.40. The van der Waals surface area contributed by atoms with Crippen LogP contribution in [0.1, 0.15) is 19.4 Å². The van der Waals surface area contributed by atoms with E-state index in [1.54, 1.807) is 6.20 Å². The van der Waals surface area contributed by atoms with Crippen LogP contribution in [0.25, 0.3) is 0 Å². The molecule has 1 aromatic heterocycles. The molecule has 0 spiro atoms. The van der Waals surface area contributed by atoms with Crippen LogP contribution in [-0.4, -0.2) is 35.6 Å². The SMILES string of the molecule is CCOC(Cn1cc(C#CCN)c(N)nc1=O)OCC. The summed E-state index contributed by atoms with van der Waals surface area (Å²) in [6.45, 7) is 5.12. The molecule has 0 aromatic carbocycles. The van der Waals surface area contributed by atoms with Gasteiger partial charge in [0.05, 0.1) is 18.7 Å². The molecule has 0 saturated heterocycles. The quantitative estimate of drug-likeness (QED) is 0.539. The van der Waals surface area contributed by atoms with Crippen molar-refractivity contribution in [1.82, 2.24) is 9.55 Å². The van der Waals surface area contributed by atoms with Crippen molar-refractivity contribution in [3.63, 3.8) is 0 Å². The summed E-state index contributed by atoms with van der Waals surface area (Å²) in [6.07, 6.45) is 1.03. The van der Waals surface area contributed by atoms with E-state index in [0.717, 1.165) is 0 Å². The van der Waals surface area contributed by atoms with Gasteiger partial charge in [0.1, 0.15) is 5.82 Å². The molecule has 0 amide bonds. The number of ether oxygens (including phenoxy) is 2. The minimum absolute atomic E-state index is 0.0940. The third-order valence-corrected chi connectivity index (χ3v) is 2.40. The van der Waals surface area contributed by atoms with Gasteiger partial charge in [-0.05, 0) is 13.8 Å². The van der Waals surface area contributed by atoms with Crippen molar-refractivity contribution in [1.29, 1.82) is 0 Å². The minimum Gasteiger partial charge on any atom is -0.382 e. The third kappa shape index (κ3) is 4.66. The molecule has 1 aromatic rings. The maximum atomic E-state index is 11.8. The first kappa shape index (κ1) is 16.2. The fraction of sp³-hybridized carbons (Fsp3) is 0.538. The molecule has 0 aliphatic carbocycles. The van der Waals surface area contributed by atoms with Crippen molar-refractivity contribution in [2.24, 2.45) is 5.73 Å². The molecule has 7 nitrogen and oxygen atoms in total. The maximum Gasteiger partial charge on any atom is 0.349 e. The van der Waals surface area contributed by atoms with Crippen LogP contribution in [-0.2, 0) is 16.0 Å². The average molecular weight is 280 g/mol. The molecule has 0 atom stereocenters. The Balaban J connectivity index is 3.01. The molecule has 0 radical (unpaired) electrons. The average Bonchev–Trinajstić information content (AvgIpc) is 2.41. The predicted molar refractivity (Wildman–Crippen MR) is 75.9 cm³/mol. The first-order valence-electron chi connectivity index (χ1n) is 6.41. The predicted octanol–water partition coefficient (Wildman–Crippen LogP) is -0.465. The summed E-state index contributed by atoms with van der Waals surface area (Å²) >= 11 is 0. The van der Waals surface area contributed by atoms with Gasteiger partial charge in [-0.2, -0.15) is 4.98 Å².